The molecule has 0 aliphatic carbocycles. The van der Waals surface area contributed by atoms with Crippen LogP contribution in [0.3, 0.4) is 0 Å². The van der Waals surface area contributed by atoms with Gasteiger partial charge in [-0.05, 0) is 29.8 Å². The zero-order valence-electron chi connectivity index (χ0n) is 8.28. The molecule has 3 heteroatoms. The summed E-state index contributed by atoms with van der Waals surface area (Å²) < 4.78 is 12.9. The Morgan fingerprint density at radius 2 is 1.94 bits per heavy atom. The molecule has 0 saturated heterocycles. The van der Waals surface area contributed by atoms with Gasteiger partial charge < -0.3 is 0 Å². The molecule has 0 N–H and O–H groups in total. The van der Waals surface area contributed by atoms with Gasteiger partial charge in [0, 0.05) is 11.1 Å². The normalized spacial score (nSPS) is 10.1. The number of carbonyl (C=O) groups excluding carboxylic acids is 1. The number of rotatable bonds is 2. The molecule has 0 atom stereocenters. The predicted molar refractivity (Wildman–Crippen MR) is 62.2 cm³/mol. The van der Waals surface area contributed by atoms with Crippen LogP contribution in [0, 0.1) is 5.82 Å². The highest BCUT2D eigenvalue weighted by Gasteiger charge is 2.05. The van der Waals surface area contributed by atoms with Crippen LogP contribution in [0.2, 0.25) is 5.02 Å². The van der Waals surface area contributed by atoms with Gasteiger partial charge in [-0.15, -0.1) is 0 Å². The summed E-state index contributed by atoms with van der Waals surface area (Å²) >= 11 is 5.93. The lowest BCUT2D eigenvalue weighted by atomic mass is 10.0. The van der Waals surface area contributed by atoms with Gasteiger partial charge in [0.2, 0.25) is 0 Å². The third-order valence-corrected chi connectivity index (χ3v) is 2.58. The standard InChI is InChI=1S/C13H8ClFO/c14-13-7-11(15)4-5-12(13)10-3-1-2-9(6-10)8-16/h1-8H. The second-order valence-corrected chi connectivity index (χ2v) is 3.77. The third kappa shape index (κ3) is 2.12. The summed E-state index contributed by atoms with van der Waals surface area (Å²) in [5.41, 5.74) is 2.08. The molecule has 0 saturated carbocycles. The van der Waals surface area contributed by atoms with Crippen LogP contribution in [0.5, 0.6) is 0 Å². The minimum atomic E-state index is -0.375. The quantitative estimate of drug-likeness (QED) is 0.719. The Kier molecular flexibility index (Phi) is 3.02. The van der Waals surface area contributed by atoms with Crippen LogP contribution in [-0.2, 0) is 0 Å². The molecule has 0 heterocycles. The van der Waals surface area contributed by atoms with Crippen molar-refractivity contribution in [3.63, 3.8) is 0 Å². The minimum absolute atomic E-state index is 0.336. The number of hydrogen-bond donors (Lipinski definition) is 0. The van der Waals surface area contributed by atoms with Crippen molar-refractivity contribution in [3.8, 4) is 11.1 Å². The Morgan fingerprint density at radius 1 is 1.12 bits per heavy atom. The first-order chi connectivity index (χ1) is 7.70. The SMILES string of the molecule is O=Cc1cccc(-c2ccc(F)cc2Cl)c1. The van der Waals surface area contributed by atoms with Gasteiger partial charge >= 0.3 is 0 Å². The number of carbonyl (C=O) groups is 1. The van der Waals surface area contributed by atoms with Crippen molar-refractivity contribution in [1.82, 2.24) is 0 Å². The van der Waals surface area contributed by atoms with Crippen LogP contribution in [-0.4, -0.2) is 6.29 Å². The fraction of sp³-hybridized carbons (Fsp3) is 0. The second-order valence-electron chi connectivity index (χ2n) is 3.37. The van der Waals surface area contributed by atoms with Crippen LogP contribution in [0.15, 0.2) is 42.5 Å². The summed E-state index contributed by atoms with van der Waals surface area (Å²) in [6.45, 7) is 0. The van der Waals surface area contributed by atoms with E-state index in [9.17, 15) is 9.18 Å². The Hall–Kier alpha value is -1.67. The average Bonchev–Trinajstić information content (AvgIpc) is 2.29. The lowest BCUT2D eigenvalue weighted by Gasteiger charge is -2.04. The van der Waals surface area contributed by atoms with E-state index in [0.29, 0.717) is 16.1 Å². The molecule has 1 nitrogen and oxygen atoms in total. The van der Waals surface area contributed by atoms with Crippen LogP contribution >= 0.6 is 11.6 Å². The van der Waals surface area contributed by atoms with E-state index < -0.39 is 0 Å². The molecule has 0 bridgehead atoms. The summed E-state index contributed by atoms with van der Waals surface area (Å²) in [5, 5.41) is 0.336. The molecule has 0 fully saturated rings. The highest BCUT2D eigenvalue weighted by Crippen LogP contribution is 2.28. The van der Waals surface area contributed by atoms with Crippen LogP contribution in [0.25, 0.3) is 11.1 Å². The van der Waals surface area contributed by atoms with Crippen LogP contribution < -0.4 is 0 Å². The molecule has 0 radical (unpaired) electrons. The highest BCUT2D eigenvalue weighted by molar-refractivity contribution is 6.33. The molecule has 2 aromatic rings. The molecule has 0 unspecified atom stereocenters. The van der Waals surface area contributed by atoms with E-state index in [1.54, 1.807) is 24.3 Å². The smallest absolute Gasteiger partial charge is 0.150 e. The molecule has 80 valence electrons. The molecule has 0 aliphatic rings. The Bertz CT molecular complexity index is 537. The molecular formula is C13H8ClFO. The van der Waals surface area contributed by atoms with Crippen molar-refractivity contribution in [1.29, 1.82) is 0 Å². The predicted octanol–water partition coefficient (Wildman–Crippen LogP) is 3.96. The Balaban J connectivity index is 2.53. The molecule has 0 aliphatic heterocycles. The van der Waals surface area contributed by atoms with Gasteiger partial charge in [-0.25, -0.2) is 4.39 Å². The second kappa shape index (κ2) is 4.45. The summed E-state index contributed by atoms with van der Waals surface area (Å²) in [6.07, 6.45) is 0.765. The number of halogens is 2. The lowest BCUT2D eigenvalue weighted by Crippen LogP contribution is -1.84. The van der Waals surface area contributed by atoms with Crippen molar-refractivity contribution in [2.24, 2.45) is 0 Å². The van der Waals surface area contributed by atoms with E-state index in [-0.39, 0.29) is 5.82 Å². The molecule has 0 aromatic heterocycles. The maximum absolute atomic E-state index is 12.9. The Labute approximate surface area is 97.5 Å². The van der Waals surface area contributed by atoms with E-state index in [4.69, 9.17) is 11.6 Å². The van der Waals surface area contributed by atoms with Gasteiger partial charge in [0.15, 0.2) is 0 Å². The summed E-state index contributed by atoms with van der Waals surface area (Å²) in [5.74, 6) is -0.375. The molecular weight excluding hydrogens is 227 g/mol. The fourth-order valence-corrected chi connectivity index (χ4v) is 1.78. The monoisotopic (exact) mass is 234 g/mol. The first-order valence-corrected chi connectivity index (χ1v) is 5.09. The van der Waals surface area contributed by atoms with Crippen LogP contribution in [0.1, 0.15) is 10.4 Å². The maximum Gasteiger partial charge on any atom is 0.150 e. The molecule has 16 heavy (non-hydrogen) atoms. The van der Waals surface area contributed by atoms with Crippen LogP contribution in [0.4, 0.5) is 4.39 Å². The van der Waals surface area contributed by atoms with Gasteiger partial charge in [-0.2, -0.15) is 0 Å². The van der Waals surface area contributed by atoms with Crippen molar-refractivity contribution >= 4 is 17.9 Å². The lowest BCUT2D eigenvalue weighted by molar-refractivity contribution is 0.112. The van der Waals surface area contributed by atoms with E-state index in [2.05, 4.69) is 0 Å². The van der Waals surface area contributed by atoms with Crippen molar-refractivity contribution in [2.45, 2.75) is 0 Å². The third-order valence-electron chi connectivity index (χ3n) is 2.26. The van der Waals surface area contributed by atoms with E-state index in [0.717, 1.165) is 11.8 Å². The molecule has 2 rings (SSSR count). The first-order valence-electron chi connectivity index (χ1n) is 4.71. The van der Waals surface area contributed by atoms with Gasteiger partial charge in [0.05, 0.1) is 5.02 Å². The number of hydrogen-bond acceptors (Lipinski definition) is 1. The zero-order valence-corrected chi connectivity index (χ0v) is 9.04. The largest absolute Gasteiger partial charge is 0.298 e. The van der Waals surface area contributed by atoms with Gasteiger partial charge in [0.1, 0.15) is 12.1 Å². The van der Waals surface area contributed by atoms with E-state index in [1.807, 2.05) is 6.07 Å². The number of benzene rings is 2. The molecule has 2 aromatic carbocycles. The minimum Gasteiger partial charge on any atom is -0.298 e. The molecule has 0 spiro atoms. The summed E-state index contributed by atoms with van der Waals surface area (Å²) in [4.78, 5) is 10.6. The first kappa shape index (κ1) is 10.8. The maximum atomic E-state index is 12.9. The Morgan fingerprint density at radius 3 is 2.62 bits per heavy atom. The van der Waals surface area contributed by atoms with Crippen molar-refractivity contribution in [2.75, 3.05) is 0 Å². The van der Waals surface area contributed by atoms with E-state index in [1.165, 1.54) is 12.1 Å². The number of aldehydes is 1. The van der Waals surface area contributed by atoms with Gasteiger partial charge in [-0.3, -0.25) is 4.79 Å². The highest BCUT2D eigenvalue weighted by atomic mass is 35.5. The van der Waals surface area contributed by atoms with E-state index >= 15 is 0 Å². The van der Waals surface area contributed by atoms with Crippen molar-refractivity contribution in [3.05, 3.63) is 58.9 Å². The van der Waals surface area contributed by atoms with Crippen molar-refractivity contribution < 1.29 is 9.18 Å². The molecule has 0 amide bonds. The fourth-order valence-electron chi connectivity index (χ4n) is 1.50. The summed E-state index contributed by atoms with van der Waals surface area (Å²) in [7, 11) is 0. The summed E-state index contributed by atoms with van der Waals surface area (Å²) in [6, 6.07) is 11.2. The van der Waals surface area contributed by atoms with Gasteiger partial charge in [0.25, 0.3) is 0 Å². The zero-order chi connectivity index (χ0) is 11.5. The van der Waals surface area contributed by atoms with Gasteiger partial charge in [-0.1, -0.05) is 29.8 Å². The topological polar surface area (TPSA) is 17.1 Å². The average molecular weight is 235 g/mol.